The fraction of sp³-hybridized carbons (Fsp3) is 0.105. The van der Waals surface area contributed by atoms with E-state index < -0.39 is 5.97 Å². The third-order valence-electron chi connectivity index (χ3n) is 3.64. The van der Waals surface area contributed by atoms with Crippen LogP contribution in [0.2, 0.25) is 0 Å². The van der Waals surface area contributed by atoms with Crippen LogP contribution in [0.15, 0.2) is 30.3 Å². The van der Waals surface area contributed by atoms with Crippen molar-refractivity contribution < 1.29 is 13.9 Å². The Morgan fingerprint density at radius 2 is 1.88 bits per heavy atom. The van der Waals surface area contributed by atoms with E-state index in [4.69, 9.17) is 10.5 Å². The van der Waals surface area contributed by atoms with Gasteiger partial charge in [0.15, 0.2) is 0 Å². The number of ether oxygens (including phenoxy) is 1. The molecule has 2 aromatic rings. The summed E-state index contributed by atoms with van der Waals surface area (Å²) in [6.45, 7) is 1.95. The Balaban J connectivity index is 2.13. The molecule has 121 valence electrons. The molecular weight excluding hydrogens is 307 g/mol. The average Bonchev–Trinajstić information content (AvgIpc) is 3.09. The SMILES string of the molecule is CCOC(=O)c1c(-c2ccc(F)cc2)cc([C]2[CH][CH][CH][CH]2)nc1N. The third-order valence-corrected chi connectivity index (χ3v) is 3.64. The molecule has 1 aromatic heterocycles. The number of nitrogens with zero attached hydrogens (tertiary/aromatic N) is 1. The average molecular weight is 323 g/mol. The first-order chi connectivity index (χ1) is 11.6. The van der Waals surface area contributed by atoms with Crippen molar-refractivity contribution in [2.45, 2.75) is 6.92 Å². The molecule has 0 bridgehead atoms. The predicted molar refractivity (Wildman–Crippen MR) is 89.5 cm³/mol. The van der Waals surface area contributed by atoms with E-state index in [-0.39, 0.29) is 23.8 Å². The van der Waals surface area contributed by atoms with Gasteiger partial charge >= 0.3 is 5.97 Å². The van der Waals surface area contributed by atoms with Crippen LogP contribution >= 0.6 is 0 Å². The second-order valence-electron chi connectivity index (χ2n) is 5.22. The molecule has 0 aliphatic heterocycles. The summed E-state index contributed by atoms with van der Waals surface area (Å²) in [5, 5.41) is 0. The highest BCUT2D eigenvalue weighted by atomic mass is 19.1. The van der Waals surface area contributed by atoms with E-state index in [2.05, 4.69) is 4.98 Å². The van der Waals surface area contributed by atoms with Gasteiger partial charge in [0.2, 0.25) is 0 Å². The van der Waals surface area contributed by atoms with Crippen LogP contribution in [0.25, 0.3) is 11.1 Å². The lowest BCUT2D eigenvalue weighted by Gasteiger charge is -2.16. The van der Waals surface area contributed by atoms with Crippen molar-refractivity contribution in [3.63, 3.8) is 0 Å². The Morgan fingerprint density at radius 1 is 1.21 bits per heavy atom. The molecular formula is C19H16FN2O2. The molecule has 0 amide bonds. The van der Waals surface area contributed by atoms with Crippen LogP contribution in [-0.4, -0.2) is 17.6 Å². The number of halogens is 1. The summed E-state index contributed by atoms with van der Waals surface area (Å²) in [5.41, 5.74) is 8.11. The quantitative estimate of drug-likeness (QED) is 0.876. The molecule has 0 unspecified atom stereocenters. The number of rotatable bonds is 4. The minimum Gasteiger partial charge on any atom is -0.462 e. The first kappa shape index (κ1) is 16.4. The van der Waals surface area contributed by atoms with E-state index in [0.717, 1.165) is 5.92 Å². The summed E-state index contributed by atoms with van der Waals surface area (Å²) in [4.78, 5) is 16.6. The second-order valence-corrected chi connectivity index (χ2v) is 5.22. The largest absolute Gasteiger partial charge is 0.462 e. The van der Waals surface area contributed by atoms with Gasteiger partial charge in [-0.05, 0) is 56.4 Å². The zero-order valence-corrected chi connectivity index (χ0v) is 13.1. The fourth-order valence-electron chi connectivity index (χ4n) is 2.53. The molecule has 5 heteroatoms. The zero-order valence-electron chi connectivity index (χ0n) is 13.1. The van der Waals surface area contributed by atoms with Gasteiger partial charge in [-0.2, -0.15) is 0 Å². The van der Waals surface area contributed by atoms with Gasteiger partial charge in [0.25, 0.3) is 0 Å². The van der Waals surface area contributed by atoms with Crippen molar-refractivity contribution in [2.75, 3.05) is 12.3 Å². The van der Waals surface area contributed by atoms with Gasteiger partial charge in [-0.25, -0.2) is 14.2 Å². The number of nitrogen functional groups attached to an aromatic ring is 1. The van der Waals surface area contributed by atoms with Gasteiger partial charge < -0.3 is 10.5 Å². The van der Waals surface area contributed by atoms with Gasteiger partial charge in [0.1, 0.15) is 17.2 Å². The van der Waals surface area contributed by atoms with E-state index in [1.807, 2.05) is 25.7 Å². The lowest BCUT2D eigenvalue weighted by Crippen LogP contribution is -2.13. The van der Waals surface area contributed by atoms with E-state index in [9.17, 15) is 9.18 Å². The summed E-state index contributed by atoms with van der Waals surface area (Å²) < 4.78 is 18.3. The van der Waals surface area contributed by atoms with Crippen molar-refractivity contribution in [2.24, 2.45) is 0 Å². The Labute approximate surface area is 140 Å². The zero-order chi connectivity index (χ0) is 17.1. The molecule has 1 saturated carbocycles. The number of carbonyl (C=O) groups excluding carboxylic acids is 1. The number of carbonyl (C=O) groups is 1. The summed E-state index contributed by atoms with van der Waals surface area (Å²) in [5.74, 6) is 0.0811. The molecule has 1 aromatic carbocycles. The molecule has 1 fully saturated rings. The van der Waals surface area contributed by atoms with Gasteiger partial charge in [-0.1, -0.05) is 12.1 Å². The van der Waals surface area contributed by atoms with Gasteiger partial charge in [-0.15, -0.1) is 0 Å². The van der Waals surface area contributed by atoms with E-state index in [1.165, 1.54) is 12.1 Å². The Hall–Kier alpha value is -2.43. The highest BCUT2D eigenvalue weighted by molar-refractivity contribution is 6.01. The lowest BCUT2D eigenvalue weighted by molar-refractivity contribution is 0.0528. The van der Waals surface area contributed by atoms with Crippen molar-refractivity contribution >= 4 is 11.8 Å². The Bertz CT molecular complexity index is 738. The van der Waals surface area contributed by atoms with Crippen LogP contribution in [0.3, 0.4) is 0 Å². The van der Waals surface area contributed by atoms with Crippen molar-refractivity contribution in [1.82, 2.24) is 4.98 Å². The number of esters is 1. The maximum absolute atomic E-state index is 13.2. The highest BCUT2D eigenvalue weighted by Crippen LogP contribution is 2.35. The highest BCUT2D eigenvalue weighted by Gasteiger charge is 2.25. The summed E-state index contributed by atoms with van der Waals surface area (Å²) in [6, 6.07) is 7.64. The number of nitrogens with two attached hydrogens (primary N) is 1. The van der Waals surface area contributed by atoms with Crippen LogP contribution in [0.1, 0.15) is 23.0 Å². The van der Waals surface area contributed by atoms with Gasteiger partial charge in [0, 0.05) is 11.5 Å². The number of hydrogen-bond acceptors (Lipinski definition) is 4. The minimum atomic E-state index is -0.545. The third kappa shape index (κ3) is 3.25. The van der Waals surface area contributed by atoms with E-state index >= 15 is 0 Å². The monoisotopic (exact) mass is 323 g/mol. The van der Waals surface area contributed by atoms with Crippen LogP contribution in [0.5, 0.6) is 0 Å². The van der Waals surface area contributed by atoms with Gasteiger partial charge in [-0.3, -0.25) is 0 Å². The van der Waals surface area contributed by atoms with E-state index in [0.29, 0.717) is 16.8 Å². The van der Waals surface area contributed by atoms with Crippen molar-refractivity contribution in [1.29, 1.82) is 0 Å². The van der Waals surface area contributed by atoms with E-state index in [1.54, 1.807) is 25.1 Å². The molecule has 1 aliphatic carbocycles. The van der Waals surface area contributed by atoms with Crippen molar-refractivity contribution in [3.8, 4) is 11.1 Å². The molecule has 0 atom stereocenters. The number of anilines is 1. The summed E-state index contributed by atoms with van der Waals surface area (Å²) in [7, 11) is 0. The smallest absolute Gasteiger partial charge is 0.342 e. The molecule has 1 aliphatic rings. The first-order valence-electron chi connectivity index (χ1n) is 7.55. The summed E-state index contributed by atoms with van der Waals surface area (Å²) in [6.07, 6.45) is 7.59. The Morgan fingerprint density at radius 3 is 2.50 bits per heavy atom. The maximum Gasteiger partial charge on any atom is 0.342 e. The number of benzene rings is 1. The minimum absolute atomic E-state index is 0.0893. The molecule has 4 nitrogen and oxygen atoms in total. The molecule has 0 spiro atoms. The second kappa shape index (κ2) is 6.99. The van der Waals surface area contributed by atoms with Crippen LogP contribution in [-0.2, 0) is 4.74 Å². The van der Waals surface area contributed by atoms with Gasteiger partial charge in [0.05, 0.1) is 12.3 Å². The lowest BCUT2D eigenvalue weighted by atomic mass is 9.95. The normalized spacial score (nSPS) is 14.8. The summed E-state index contributed by atoms with van der Waals surface area (Å²) >= 11 is 0. The predicted octanol–water partition coefficient (Wildman–Crippen LogP) is 3.40. The van der Waals surface area contributed by atoms with Crippen LogP contribution < -0.4 is 5.73 Å². The molecule has 3 rings (SSSR count). The number of pyridine rings is 1. The molecule has 2 N–H and O–H groups in total. The van der Waals surface area contributed by atoms with Crippen LogP contribution in [0.4, 0.5) is 10.2 Å². The standard InChI is InChI=1S/C19H16FN2O2/c1-2-24-19(23)17-15(12-7-9-14(20)10-8-12)11-16(22-18(17)21)13-5-3-4-6-13/h3-11H,2H2,1H3,(H2,21,22). The van der Waals surface area contributed by atoms with Crippen LogP contribution in [0, 0.1) is 37.4 Å². The maximum atomic E-state index is 13.2. The fourth-order valence-corrected chi connectivity index (χ4v) is 2.53. The number of hydrogen-bond donors (Lipinski definition) is 1. The molecule has 24 heavy (non-hydrogen) atoms. The first-order valence-corrected chi connectivity index (χ1v) is 7.55. The number of aromatic nitrogens is 1. The topological polar surface area (TPSA) is 65.2 Å². The Kier molecular flexibility index (Phi) is 4.79. The van der Waals surface area contributed by atoms with Crippen molar-refractivity contribution in [3.05, 3.63) is 79.0 Å². The molecule has 0 saturated heterocycles. The molecule has 5 radical (unpaired) electrons. The molecule has 1 heterocycles.